The summed E-state index contributed by atoms with van der Waals surface area (Å²) in [7, 11) is 0. The number of benzene rings is 3. The number of hydrogen-bond acceptors (Lipinski definition) is 4. The third-order valence-corrected chi connectivity index (χ3v) is 7.21. The van der Waals surface area contributed by atoms with Gasteiger partial charge in [0.25, 0.3) is 5.91 Å². The lowest BCUT2D eigenvalue weighted by Gasteiger charge is -2.31. The Morgan fingerprint density at radius 2 is 1.57 bits per heavy atom. The van der Waals surface area contributed by atoms with Crippen LogP contribution in [0, 0.1) is 5.92 Å². The number of nitrogens with one attached hydrogen (secondary N) is 1. The summed E-state index contributed by atoms with van der Waals surface area (Å²) in [6.07, 6.45) is 2.36. The highest BCUT2D eigenvalue weighted by molar-refractivity contribution is 6.07. The van der Waals surface area contributed by atoms with E-state index in [0.29, 0.717) is 25.9 Å². The van der Waals surface area contributed by atoms with Gasteiger partial charge in [0.15, 0.2) is 0 Å². The van der Waals surface area contributed by atoms with E-state index in [9.17, 15) is 9.59 Å². The summed E-state index contributed by atoms with van der Waals surface area (Å²) < 4.78 is 5.41. The van der Waals surface area contributed by atoms with Gasteiger partial charge in [-0.2, -0.15) is 0 Å². The van der Waals surface area contributed by atoms with Crippen LogP contribution < -0.4 is 5.32 Å². The number of piperidine rings is 1. The number of carbonyl (C=O) groups excluding carboxylic acids is 2. The fourth-order valence-corrected chi connectivity index (χ4v) is 5.04. The Kier molecular flexibility index (Phi) is 7.40. The fraction of sp³-hybridized carbons (Fsp3) is 0.379. The number of amides is 2. The molecule has 0 aliphatic carbocycles. The van der Waals surface area contributed by atoms with Crippen LogP contribution in [0.25, 0.3) is 10.8 Å². The average molecular weight is 472 g/mol. The molecule has 2 amide bonds. The highest BCUT2D eigenvalue weighted by atomic mass is 16.5. The summed E-state index contributed by atoms with van der Waals surface area (Å²) in [6, 6.07) is 22.0. The van der Waals surface area contributed by atoms with Crippen LogP contribution in [0.1, 0.15) is 28.8 Å². The fourth-order valence-electron chi connectivity index (χ4n) is 5.04. The normalized spacial score (nSPS) is 17.4. The molecule has 2 saturated heterocycles. The second kappa shape index (κ2) is 11.0. The molecule has 3 aromatic carbocycles. The molecular weight excluding hydrogens is 438 g/mol. The van der Waals surface area contributed by atoms with Crippen molar-refractivity contribution in [1.29, 1.82) is 0 Å². The summed E-state index contributed by atoms with van der Waals surface area (Å²) in [5.74, 6) is 0.0178. The van der Waals surface area contributed by atoms with Crippen LogP contribution >= 0.6 is 0 Å². The first-order chi connectivity index (χ1) is 17.2. The zero-order chi connectivity index (χ0) is 24.0. The van der Waals surface area contributed by atoms with Crippen LogP contribution in [-0.2, 0) is 16.0 Å². The number of rotatable bonds is 6. The van der Waals surface area contributed by atoms with Gasteiger partial charge < -0.3 is 15.0 Å². The van der Waals surface area contributed by atoms with Crippen molar-refractivity contribution in [1.82, 2.24) is 9.80 Å². The maximum Gasteiger partial charge on any atom is 0.254 e. The van der Waals surface area contributed by atoms with Gasteiger partial charge in [0, 0.05) is 49.9 Å². The number of anilines is 1. The van der Waals surface area contributed by atoms with E-state index in [1.165, 1.54) is 5.56 Å². The molecule has 6 nitrogen and oxygen atoms in total. The second-order valence-corrected chi connectivity index (χ2v) is 9.48. The van der Waals surface area contributed by atoms with Crippen LogP contribution in [0.2, 0.25) is 0 Å². The summed E-state index contributed by atoms with van der Waals surface area (Å²) in [6.45, 7) is 5.87. The molecule has 2 aliphatic heterocycles. The molecule has 1 N–H and O–H groups in total. The van der Waals surface area contributed by atoms with E-state index in [0.717, 1.165) is 61.3 Å². The molecule has 2 heterocycles. The smallest absolute Gasteiger partial charge is 0.254 e. The van der Waals surface area contributed by atoms with Crippen molar-refractivity contribution < 1.29 is 14.3 Å². The predicted octanol–water partition coefficient (Wildman–Crippen LogP) is 4.21. The summed E-state index contributed by atoms with van der Waals surface area (Å²) >= 11 is 0. The van der Waals surface area contributed by atoms with Gasteiger partial charge in [-0.25, -0.2) is 0 Å². The predicted molar refractivity (Wildman–Crippen MR) is 139 cm³/mol. The van der Waals surface area contributed by atoms with Crippen molar-refractivity contribution in [2.45, 2.75) is 19.3 Å². The maximum absolute atomic E-state index is 13.2. The molecule has 0 aromatic heterocycles. The van der Waals surface area contributed by atoms with Crippen molar-refractivity contribution in [3.8, 4) is 0 Å². The van der Waals surface area contributed by atoms with Crippen molar-refractivity contribution in [2.75, 3.05) is 51.3 Å². The van der Waals surface area contributed by atoms with Gasteiger partial charge in [-0.05, 0) is 53.8 Å². The Balaban J connectivity index is 1.11. The van der Waals surface area contributed by atoms with Crippen LogP contribution in [0.4, 0.5) is 5.69 Å². The molecule has 5 rings (SSSR count). The first-order valence-corrected chi connectivity index (χ1v) is 12.6. The zero-order valence-corrected chi connectivity index (χ0v) is 20.1. The Bertz CT molecular complexity index is 1160. The second-order valence-electron chi connectivity index (χ2n) is 9.48. The summed E-state index contributed by atoms with van der Waals surface area (Å²) in [5.41, 5.74) is 2.84. The molecule has 6 heteroatoms. The monoisotopic (exact) mass is 471 g/mol. The van der Waals surface area contributed by atoms with E-state index in [-0.39, 0.29) is 17.7 Å². The highest BCUT2D eigenvalue weighted by Gasteiger charge is 2.28. The Hall–Kier alpha value is -3.22. The minimum Gasteiger partial charge on any atom is -0.379 e. The minimum atomic E-state index is -0.0763. The number of morpholine rings is 1. The number of nitrogens with zero attached hydrogens (tertiary/aromatic N) is 2. The SMILES string of the molecule is O=C(Nc1ccc(CCN2CCOCC2)cc1)C1CCN(C(=O)c2cccc3ccccc23)CC1. The number of fused-ring (bicyclic) bond motifs is 1. The van der Waals surface area contributed by atoms with E-state index < -0.39 is 0 Å². The van der Waals surface area contributed by atoms with Gasteiger partial charge >= 0.3 is 0 Å². The van der Waals surface area contributed by atoms with Crippen molar-refractivity contribution in [2.24, 2.45) is 5.92 Å². The third-order valence-electron chi connectivity index (χ3n) is 7.21. The molecule has 35 heavy (non-hydrogen) atoms. The van der Waals surface area contributed by atoms with Gasteiger partial charge in [0.1, 0.15) is 0 Å². The lowest BCUT2D eigenvalue weighted by molar-refractivity contribution is -0.121. The van der Waals surface area contributed by atoms with Crippen LogP contribution in [0.5, 0.6) is 0 Å². The molecule has 0 spiro atoms. The number of likely N-dealkylation sites (tertiary alicyclic amines) is 1. The molecule has 0 saturated carbocycles. The molecule has 0 radical (unpaired) electrons. The molecule has 182 valence electrons. The maximum atomic E-state index is 13.2. The van der Waals surface area contributed by atoms with Gasteiger partial charge in [0.2, 0.25) is 5.91 Å². The Labute approximate surface area is 206 Å². The minimum absolute atomic E-state index is 0.0447. The molecule has 2 aliphatic rings. The van der Waals surface area contributed by atoms with E-state index >= 15 is 0 Å². The largest absolute Gasteiger partial charge is 0.379 e. The number of ether oxygens (including phenoxy) is 1. The zero-order valence-electron chi connectivity index (χ0n) is 20.1. The van der Waals surface area contributed by atoms with Crippen molar-refractivity contribution >= 4 is 28.3 Å². The molecule has 0 bridgehead atoms. The van der Waals surface area contributed by atoms with Crippen LogP contribution in [0.3, 0.4) is 0 Å². The molecule has 0 unspecified atom stereocenters. The quantitative estimate of drug-likeness (QED) is 0.585. The lowest BCUT2D eigenvalue weighted by atomic mass is 9.94. The van der Waals surface area contributed by atoms with E-state index in [1.807, 2.05) is 59.5 Å². The molecule has 0 atom stereocenters. The summed E-state index contributed by atoms with van der Waals surface area (Å²) in [4.78, 5) is 30.4. The van der Waals surface area contributed by atoms with E-state index in [4.69, 9.17) is 4.74 Å². The summed E-state index contributed by atoms with van der Waals surface area (Å²) in [5, 5.41) is 5.12. The Morgan fingerprint density at radius 1 is 0.857 bits per heavy atom. The van der Waals surface area contributed by atoms with Gasteiger partial charge in [-0.15, -0.1) is 0 Å². The average Bonchev–Trinajstić information content (AvgIpc) is 2.92. The van der Waals surface area contributed by atoms with E-state index in [1.54, 1.807) is 0 Å². The highest BCUT2D eigenvalue weighted by Crippen LogP contribution is 2.24. The number of hydrogen-bond donors (Lipinski definition) is 1. The third kappa shape index (κ3) is 5.72. The van der Waals surface area contributed by atoms with Crippen molar-refractivity contribution in [3.05, 3.63) is 77.9 Å². The lowest BCUT2D eigenvalue weighted by Crippen LogP contribution is -2.41. The van der Waals surface area contributed by atoms with Crippen LogP contribution in [-0.4, -0.2) is 67.6 Å². The van der Waals surface area contributed by atoms with Gasteiger partial charge in [0.05, 0.1) is 13.2 Å². The first-order valence-electron chi connectivity index (χ1n) is 12.6. The standard InChI is InChI=1S/C29H33N3O3/c33-28(30-25-10-8-22(9-11-25)12-15-31-18-20-35-21-19-31)24-13-16-32(17-14-24)29(34)27-7-3-5-23-4-1-2-6-26(23)27/h1-11,24H,12-21H2,(H,30,33). The van der Waals surface area contributed by atoms with Gasteiger partial charge in [-0.1, -0.05) is 48.5 Å². The van der Waals surface area contributed by atoms with Gasteiger partial charge in [-0.3, -0.25) is 14.5 Å². The Morgan fingerprint density at radius 3 is 2.34 bits per heavy atom. The van der Waals surface area contributed by atoms with Crippen LogP contribution in [0.15, 0.2) is 66.7 Å². The topological polar surface area (TPSA) is 61.9 Å². The van der Waals surface area contributed by atoms with Crippen molar-refractivity contribution in [3.63, 3.8) is 0 Å². The number of carbonyl (C=O) groups is 2. The van der Waals surface area contributed by atoms with E-state index in [2.05, 4.69) is 22.3 Å². The first kappa shape index (κ1) is 23.5. The molecule has 2 fully saturated rings. The molecular formula is C29H33N3O3. The molecule has 3 aromatic rings.